The zero-order valence-electron chi connectivity index (χ0n) is 15.8. The van der Waals surface area contributed by atoms with Crippen molar-refractivity contribution >= 4 is 34.8 Å². The van der Waals surface area contributed by atoms with Crippen molar-refractivity contribution in [2.75, 3.05) is 6.61 Å². The quantitative estimate of drug-likeness (QED) is 0.512. The lowest BCUT2D eigenvalue weighted by Crippen LogP contribution is -2.24. The highest BCUT2D eigenvalue weighted by Crippen LogP contribution is 2.33. The summed E-state index contributed by atoms with van der Waals surface area (Å²) in [4.78, 5) is 12.0. The van der Waals surface area contributed by atoms with Crippen molar-refractivity contribution in [1.29, 1.82) is 0 Å². The third-order valence-electron chi connectivity index (χ3n) is 4.23. The molecule has 0 aliphatic heterocycles. The molecular weight excluding hydrogens is 444 g/mol. The van der Waals surface area contributed by atoms with Crippen LogP contribution in [0.2, 0.25) is 10.0 Å². The van der Waals surface area contributed by atoms with Crippen molar-refractivity contribution < 1.29 is 22.7 Å². The highest BCUT2D eigenvalue weighted by molar-refractivity contribution is 6.30. The number of aryl methyl sites for hydroxylation is 1. The molecule has 0 unspecified atom stereocenters. The lowest BCUT2D eigenvalue weighted by Gasteiger charge is -2.10. The Bertz CT molecular complexity index is 1070. The average Bonchev–Trinajstić information content (AvgIpc) is 3.06. The number of aromatic nitrogens is 3. The van der Waals surface area contributed by atoms with Crippen molar-refractivity contribution in [2.24, 2.45) is 0 Å². The smallest absolute Gasteiger partial charge is 0.420 e. The zero-order chi connectivity index (χ0) is 21.9. The highest BCUT2D eigenvalue weighted by atomic mass is 35.5. The molecule has 0 saturated carbocycles. The third-order valence-corrected chi connectivity index (χ3v) is 4.68. The number of halogens is 5. The molecule has 30 heavy (non-hydrogen) atoms. The molecule has 0 radical (unpaired) electrons. The summed E-state index contributed by atoms with van der Waals surface area (Å²) in [6, 6.07) is 6.05. The van der Waals surface area contributed by atoms with Crippen molar-refractivity contribution in [1.82, 2.24) is 19.9 Å². The predicted octanol–water partition coefficient (Wildman–Crippen LogP) is 4.84. The molecule has 2 aromatic heterocycles. The number of hydrogen-bond acceptors (Lipinski definition) is 4. The first kappa shape index (κ1) is 22.2. The first-order chi connectivity index (χ1) is 14.1. The molecule has 3 aromatic rings. The first-order valence-corrected chi connectivity index (χ1v) is 9.67. The van der Waals surface area contributed by atoms with Crippen LogP contribution in [0.3, 0.4) is 0 Å². The molecule has 0 aliphatic carbocycles. The molecule has 3 rings (SSSR count). The average molecular weight is 461 g/mol. The van der Waals surface area contributed by atoms with E-state index in [4.69, 9.17) is 27.9 Å². The molecule has 0 aliphatic rings. The van der Waals surface area contributed by atoms with Crippen LogP contribution in [0.4, 0.5) is 13.2 Å². The van der Waals surface area contributed by atoms with Crippen molar-refractivity contribution in [3.8, 4) is 5.75 Å². The Kier molecular flexibility index (Phi) is 6.72. The van der Waals surface area contributed by atoms with Crippen LogP contribution in [-0.4, -0.2) is 27.1 Å². The van der Waals surface area contributed by atoms with E-state index < -0.39 is 11.7 Å². The van der Waals surface area contributed by atoms with Crippen molar-refractivity contribution in [2.45, 2.75) is 32.5 Å². The lowest BCUT2D eigenvalue weighted by molar-refractivity contribution is -0.136. The largest absolute Gasteiger partial charge is 0.493 e. The fraction of sp³-hybridized carbons (Fsp3) is 0.316. The SMILES string of the molecule is Cc1cc(Cl)ccc1OCCCC(=O)NCc1nnc2c(C(F)(F)F)cc(Cl)cn12. The van der Waals surface area contributed by atoms with E-state index in [2.05, 4.69) is 15.5 Å². The monoisotopic (exact) mass is 460 g/mol. The van der Waals surface area contributed by atoms with E-state index in [-0.39, 0.29) is 35.4 Å². The van der Waals surface area contributed by atoms with Gasteiger partial charge in [-0.15, -0.1) is 10.2 Å². The molecule has 11 heteroatoms. The minimum atomic E-state index is -4.62. The van der Waals surface area contributed by atoms with Gasteiger partial charge in [0, 0.05) is 17.6 Å². The highest BCUT2D eigenvalue weighted by Gasteiger charge is 2.35. The van der Waals surface area contributed by atoms with Crippen molar-refractivity contribution in [3.63, 3.8) is 0 Å². The predicted molar refractivity (Wildman–Crippen MR) is 106 cm³/mol. The zero-order valence-corrected chi connectivity index (χ0v) is 17.3. The van der Waals surface area contributed by atoms with Crippen LogP contribution in [0.15, 0.2) is 30.5 Å². The number of hydrogen-bond donors (Lipinski definition) is 1. The van der Waals surface area contributed by atoms with Gasteiger partial charge in [0.05, 0.1) is 18.2 Å². The second kappa shape index (κ2) is 9.09. The van der Waals surface area contributed by atoms with Gasteiger partial charge in [-0.3, -0.25) is 9.20 Å². The Hall–Kier alpha value is -2.52. The number of ether oxygens (including phenoxy) is 1. The van der Waals surface area contributed by atoms with Crippen LogP contribution in [0.1, 0.15) is 29.8 Å². The summed E-state index contributed by atoms with van der Waals surface area (Å²) >= 11 is 11.7. The van der Waals surface area contributed by atoms with Gasteiger partial charge in [-0.05, 0) is 43.2 Å². The van der Waals surface area contributed by atoms with Crippen LogP contribution in [0.25, 0.3) is 5.65 Å². The van der Waals surface area contributed by atoms with E-state index in [0.29, 0.717) is 23.8 Å². The molecule has 1 N–H and O–H groups in total. The fourth-order valence-electron chi connectivity index (χ4n) is 2.79. The maximum Gasteiger partial charge on any atom is 0.420 e. The number of amides is 1. The summed E-state index contributed by atoms with van der Waals surface area (Å²) < 4.78 is 46.1. The summed E-state index contributed by atoms with van der Waals surface area (Å²) in [7, 11) is 0. The molecule has 1 aromatic carbocycles. The number of carbonyl (C=O) groups excluding carboxylic acids is 1. The number of alkyl halides is 3. The summed E-state index contributed by atoms with van der Waals surface area (Å²) in [5, 5.41) is 10.4. The van der Waals surface area contributed by atoms with E-state index in [0.717, 1.165) is 16.0 Å². The second-order valence-electron chi connectivity index (χ2n) is 6.52. The number of fused-ring (bicyclic) bond motifs is 1. The van der Waals surface area contributed by atoms with Gasteiger partial charge in [-0.1, -0.05) is 23.2 Å². The molecule has 0 spiro atoms. The van der Waals surface area contributed by atoms with E-state index in [1.165, 1.54) is 6.20 Å². The van der Waals surface area contributed by atoms with E-state index in [1.54, 1.807) is 18.2 Å². The number of benzene rings is 1. The van der Waals surface area contributed by atoms with Gasteiger partial charge in [0.25, 0.3) is 0 Å². The molecule has 6 nitrogen and oxygen atoms in total. The van der Waals surface area contributed by atoms with Gasteiger partial charge in [-0.25, -0.2) is 0 Å². The molecule has 0 atom stereocenters. The van der Waals surface area contributed by atoms with Gasteiger partial charge < -0.3 is 10.1 Å². The maximum absolute atomic E-state index is 13.1. The Morgan fingerprint density at radius 2 is 1.97 bits per heavy atom. The van der Waals surface area contributed by atoms with Crippen LogP contribution in [-0.2, 0) is 17.5 Å². The molecular formula is C19H17Cl2F3N4O2. The molecule has 160 valence electrons. The lowest BCUT2D eigenvalue weighted by atomic mass is 10.2. The van der Waals surface area contributed by atoms with E-state index >= 15 is 0 Å². The molecule has 0 saturated heterocycles. The van der Waals surface area contributed by atoms with Gasteiger partial charge in [-0.2, -0.15) is 13.2 Å². The van der Waals surface area contributed by atoms with Crippen LogP contribution >= 0.6 is 23.2 Å². The van der Waals surface area contributed by atoms with E-state index in [9.17, 15) is 18.0 Å². The standard InChI is InChI=1S/C19H17Cl2F3N4O2/c1-11-7-12(20)4-5-15(11)30-6-2-3-17(29)25-9-16-26-27-18-14(19(22,23)24)8-13(21)10-28(16)18/h4-5,7-8,10H,2-3,6,9H2,1H3,(H,25,29). The second-order valence-corrected chi connectivity index (χ2v) is 7.39. The number of rotatable bonds is 7. The van der Waals surface area contributed by atoms with Gasteiger partial charge in [0.2, 0.25) is 5.91 Å². The normalized spacial score (nSPS) is 11.7. The molecule has 1 amide bonds. The van der Waals surface area contributed by atoms with Gasteiger partial charge in [0.15, 0.2) is 11.5 Å². The van der Waals surface area contributed by atoms with Crippen LogP contribution < -0.4 is 10.1 Å². The number of nitrogens with one attached hydrogen (secondary N) is 1. The molecule has 0 fully saturated rings. The number of nitrogens with zero attached hydrogens (tertiary/aromatic N) is 3. The summed E-state index contributed by atoms with van der Waals surface area (Å²) in [6.07, 6.45) is -2.71. The summed E-state index contributed by atoms with van der Waals surface area (Å²) in [5.41, 5.74) is -0.472. The maximum atomic E-state index is 13.1. The number of carbonyl (C=O) groups is 1. The minimum Gasteiger partial charge on any atom is -0.493 e. The van der Waals surface area contributed by atoms with Crippen LogP contribution in [0, 0.1) is 6.92 Å². The van der Waals surface area contributed by atoms with Gasteiger partial charge in [0.1, 0.15) is 11.3 Å². The molecule has 2 heterocycles. The number of pyridine rings is 1. The fourth-order valence-corrected chi connectivity index (χ4v) is 3.22. The van der Waals surface area contributed by atoms with Gasteiger partial charge >= 0.3 is 6.18 Å². The Morgan fingerprint density at radius 1 is 1.20 bits per heavy atom. The van der Waals surface area contributed by atoms with E-state index in [1.807, 2.05) is 6.92 Å². The van der Waals surface area contributed by atoms with Crippen molar-refractivity contribution in [3.05, 3.63) is 57.5 Å². The minimum absolute atomic E-state index is 0.0885. The van der Waals surface area contributed by atoms with Crippen LogP contribution in [0.5, 0.6) is 5.75 Å². The Balaban J connectivity index is 1.53. The Morgan fingerprint density at radius 3 is 2.67 bits per heavy atom. The Labute approximate surface area is 179 Å². The third kappa shape index (κ3) is 5.34. The summed E-state index contributed by atoms with van der Waals surface area (Å²) in [6.45, 7) is 2.11. The summed E-state index contributed by atoms with van der Waals surface area (Å²) in [5.74, 6) is 0.535. The first-order valence-electron chi connectivity index (χ1n) is 8.91. The topological polar surface area (TPSA) is 68.5 Å². The molecule has 0 bridgehead atoms.